The Hall–Kier alpha value is -2.47. The summed E-state index contributed by atoms with van der Waals surface area (Å²) >= 11 is 1.88. The number of carbonyl (C=O) groups is 1. The predicted molar refractivity (Wildman–Crippen MR) is 127 cm³/mol. The van der Waals surface area contributed by atoms with E-state index >= 15 is 0 Å². The molecule has 5 rings (SSSR count). The van der Waals surface area contributed by atoms with Gasteiger partial charge < -0.3 is 9.80 Å². The molecular formula is C25H30N4OS. The van der Waals surface area contributed by atoms with Crippen molar-refractivity contribution in [1.82, 2.24) is 14.9 Å². The van der Waals surface area contributed by atoms with E-state index in [4.69, 9.17) is 9.97 Å². The van der Waals surface area contributed by atoms with E-state index in [2.05, 4.69) is 42.2 Å². The molecule has 0 spiro atoms. The highest BCUT2D eigenvalue weighted by atomic mass is 32.1. The molecule has 1 aliphatic carbocycles. The van der Waals surface area contributed by atoms with E-state index in [0.717, 1.165) is 74.3 Å². The molecule has 0 radical (unpaired) electrons. The molecule has 1 aromatic carbocycles. The van der Waals surface area contributed by atoms with E-state index in [1.807, 2.05) is 16.2 Å². The molecule has 1 amide bonds. The van der Waals surface area contributed by atoms with E-state index in [1.54, 1.807) is 6.92 Å². The number of thiophene rings is 1. The van der Waals surface area contributed by atoms with Crippen LogP contribution in [0, 0.1) is 5.92 Å². The highest BCUT2D eigenvalue weighted by Crippen LogP contribution is 2.41. The molecule has 162 valence electrons. The van der Waals surface area contributed by atoms with Crippen molar-refractivity contribution in [2.24, 2.45) is 5.92 Å². The highest BCUT2D eigenvalue weighted by Gasteiger charge is 2.28. The van der Waals surface area contributed by atoms with Crippen molar-refractivity contribution in [2.45, 2.75) is 46.0 Å². The van der Waals surface area contributed by atoms with Crippen molar-refractivity contribution >= 4 is 33.3 Å². The summed E-state index contributed by atoms with van der Waals surface area (Å²) in [7, 11) is 0. The molecule has 5 nitrogen and oxygen atoms in total. The lowest BCUT2D eigenvalue weighted by atomic mass is 9.89. The highest BCUT2D eigenvalue weighted by molar-refractivity contribution is 7.19. The minimum absolute atomic E-state index is 0.165. The number of amides is 1. The first-order valence-electron chi connectivity index (χ1n) is 11.4. The maximum absolute atomic E-state index is 11.8. The van der Waals surface area contributed by atoms with Crippen molar-refractivity contribution in [1.29, 1.82) is 0 Å². The second-order valence-corrected chi connectivity index (χ2v) is 10.1. The average molecular weight is 435 g/mol. The van der Waals surface area contributed by atoms with Crippen LogP contribution < -0.4 is 4.90 Å². The first-order chi connectivity index (χ1) is 15.1. The molecule has 0 unspecified atom stereocenters. The van der Waals surface area contributed by atoms with Crippen LogP contribution in [0.4, 0.5) is 5.82 Å². The van der Waals surface area contributed by atoms with Gasteiger partial charge in [-0.3, -0.25) is 4.79 Å². The van der Waals surface area contributed by atoms with Crippen molar-refractivity contribution in [2.75, 3.05) is 31.1 Å². The summed E-state index contributed by atoms with van der Waals surface area (Å²) in [6.07, 6.45) is 5.33. The first kappa shape index (κ1) is 20.4. The van der Waals surface area contributed by atoms with Crippen LogP contribution in [0.15, 0.2) is 30.3 Å². The first-order valence-corrected chi connectivity index (χ1v) is 12.3. The standard InChI is InChI=1S/C25H30N4OS/c1-17-8-10-20-21(16-17)31-25-23(20)24(29-14-12-28(13-15-29)18(2)30)26-22(27-25)11-9-19-6-4-3-5-7-19/h3-7,17H,8-16H2,1-2H3/t17-/m0/s1. The SMILES string of the molecule is CC(=O)N1CCN(c2nc(CCc3ccccc3)nc3sc4c(c23)CC[C@H](C)C4)CC1. The summed E-state index contributed by atoms with van der Waals surface area (Å²) in [4.78, 5) is 28.9. The zero-order valence-corrected chi connectivity index (χ0v) is 19.2. The van der Waals surface area contributed by atoms with Crippen molar-refractivity contribution in [3.05, 3.63) is 52.2 Å². The lowest BCUT2D eigenvalue weighted by molar-refractivity contribution is -0.129. The van der Waals surface area contributed by atoms with Crippen molar-refractivity contribution < 1.29 is 4.79 Å². The molecule has 0 N–H and O–H groups in total. The van der Waals surface area contributed by atoms with Gasteiger partial charge in [-0.15, -0.1) is 11.3 Å². The van der Waals surface area contributed by atoms with Gasteiger partial charge in [0, 0.05) is 44.4 Å². The summed E-state index contributed by atoms with van der Waals surface area (Å²) in [5.74, 6) is 2.95. The average Bonchev–Trinajstić information content (AvgIpc) is 3.15. The Labute approximate surface area is 188 Å². The van der Waals surface area contributed by atoms with Gasteiger partial charge >= 0.3 is 0 Å². The third kappa shape index (κ3) is 4.18. The van der Waals surface area contributed by atoms with Gasteiger partial charge in [0.05, 0.1) is 5.39 Å². The van der Waals surface area contributed by atoms with Gasteiger partial charge in [0.1, 0.15) is 16.5 Å². The minimum Gasteiger partial charge on any atom is -0.352 e. The fraction of sp³-hybridized carbons (Fsp3) is 0.480. The number of piperazine rings is 1. The normalized spacial score (nSPS) is 19.0. The maximum Gasteiger partial charge on any atom is 0.219 e. The zero-order valence-electron chi connectivity index (χ0n) is 18.4. The lowest BCUT2D eigenvalue weighted by Gasteiger charge is -2.35. The topological polar surface area (TPSA) is 49.3 Å². The molecule has 2 aromatic heterocycles. The number of nitrogens with zero attached hydrogens (tertiary/aromatic N) is 4. The molecule has 3 aromatic rings. The van der Waals surface area contributed by atoms with Crippen molar-refractivity contribution in [3.63, 3.8) is 0 Å². The number of aromatic nitrogens is 2. The molecule has 1 fully saturated rings. The zero-order chi connectivity index (χ0) is 21.4. The van der Waals surface area contributed by atoms with Gasteiger partial charge in [-0.05, 0) is 42.7 Å². The van der Waals surface area contributed by atoms with Gasteiger partial charge in [0.25, 0.3) is 0 Å². The summed E-state index contributed by atoms with van der Waals surface area (Å²) in [6.45, 7) is 7.23. The molecule has 3 heterocycles. The summed E-state index contributed by atoms with van der Waals surface area (Å²) in [6, 6.07) is 10.6. The molecule has 6 heteroatoms. The fourth-order valence-electron chi connectivity index (χ4n) is 4.84. The Balaban J connectivity index is 1.50. The van der Waals surface area contributed by atoms with E-state index < -0.39 is 0 Å². The predicted octanol–water partition coefficient (Wildman–Crippen LogP) is 4.27. The summed E-state index contributed by atoms with van der Waals surface area (Å²) < 4.78 is 0. The van der Waals surface area contributed by atoms with Crippen LogP contribution in [-0.2, 0) is 30.5 Å². The minimum atomic E-state index is 0.165. The second kappa shape index (κ2) is 8.58. The largest absolute Gasteiger partial charge is 0.352 e. The Morgan fingerprint density at radius 1 is 1.10 bits per heavy atom. The second-order valence-electron chi connectivity index (χ2n) is 8.97. The number of carbonyl (C=O) groups excluding carboxylic acids is 1. The molecule has 1 saturated heterocycles. The smallest absolute Gasteiger partial charge is 0.219 e. The number of aryl methyl sites for hydroxylation is 3. The molecular weight excluding hydrogens is 404 g/mol. The van der Waals surface area contributed by atoms with E-state index in [0.29, 0.717) is 0 Å². The van der Waals surface area contributed by atoms with E-state index in [9.17, 15) is 4.79 Å². The van der Waals surface area contributed by atoms with Crippen LogP contribution in [0.1, 0.15) is 42.1 Å². The quantitative estimate of drug-likeness (QED) is 0.615. The van der Waals surface area contributed by atoms with Crippen LogP contribution in [-0.4, -0.2) is 47.0 Å². The molecule has 0 bridgehead atoms. The van der Waals surface area contributed by atoms with E-state index in [1.165, 1.54) is 27.8 Å². The third-order valence-electron chi connectivity index (χ3n) is 6.69. The molecule has 2 aliphatic rings. The molecule has 1 aliphatic heterocycles. The Bertz CT molecular complexity index is 1090. The summed E-state index contributed by atoms with van der Waals surface area (Å²) in [5.41, 5.74) is 2.80. The number of benzene rings is 1. The summed E-state index contributed by atoms with van der Waals surface area (Å²) in [5, 5.41) is 1.28. The van der Waals surface area contributed by atoms with Gasteiger partial charge in [-0.25, -0.2) is 9.97 Å². The Morgan fingerprint density at radius 2 is 1.87 bits per heavy atom. The van der Waals surface area contributed by atoms with Crippen LogP contribution in [0.3, 0.4) is 0 Å². The number of rotatable bonds is 4. The van der Waals surface area contributed by atoms with Crippen LogP contribution in [0.5, 0.6) is 0 Å². The van der Waals surface area contributed by atoms with Crippen LogP contribution in [0.25, 0.3) is 10.2 Å². The Morgan fingerprint density at radius 3 is 2.61 bits per heavy atom. The molecule has 0 saturated carbocycles. The van der Waals surface area contributed by atoms with Crippen LogP contribution >= 0.6 is 11.3 Å². The molecule has 31 heavy (non-hydrogen) atoms. The number of hydrogen-bond donors (Lipinski definition) is 0. The monoisotopic (exact) mass is 434 g/mol. The lowest BCUT2D eigenvalue weighted by Crippen LogP contribution is -2.48. The fourth-order valence-corrected chi connectivity index (χ4v) is 6.24. The number of fused-ring (bicyclic) bond motifs is 3. The van der Waals surface area contributed by atoms with Gasteiger partial charge in [0.2, 0.25) is 5.91 Å². The number of hydrogen-bond acceptors (Lipinski definition) is 5. The van der Waals surface area contributed by atoms with Crippen molar-refractivity contribution in [3.8, 4) is 0 Å². The number of anilines is 1. The maximum atomic E-state index is 11.8. The van der Waals surface area contributed by atoms with Gasteiger partial charge in [-0.2, -0.15) is 0 Å². The van der Waals surface area contributed by atoms with Crippen LogP contribution in [0.2, 0.25) is 0 Å². The third-order valence-corrected chi connectivity index (χ3v) is 7.84. The van der Waals surface area contributed by atoms with E-state index in [-0.39, 0.29) is 5.91 Å². The van der Waals surface area contributed by atoms with Gasteiger partial charge in [-0.1, -0.05) is 37.3 Å². The molecule has 1 atom stereocenters. The Kier molecular flexibility index (Phi) is 5.65. The van der Waals surface area contributed by atoms with Gasteiger partial charge in [0.15, 0.2) is 0 Å².